The molecule has 4 nitrogen and oxygen atoms in total. The van der Waals surface area contributed by atoms with E-state index < -0.39 is 43.0 Å². The molecule has 3 aromatic rings. The number of rotatable bonds is 11. The van der Waals surface area contributed by atoms with E-state index in [1.54, 1.807) is 0 Å². The number of benzene rings is 3. The Labute approximate surface area is 217 Å². The fourth-order valence-corrected chi connectivity index (χ4v) is 24.9. The lowest BCUT2D eigenvalue weighted by Crippen LogP contribution is -2.70. The third-order valence-corrected chi connectivity index (χ3v) is 23.2. The predicted octanol–water partition coefficient (Wildman–Crippen LogP) is 5.08. The Hall–Kier alpha value is -1.42. The van der Waals surface area contributed by atoms with Gasteiger partial charge in [0, 0.05) is 0 Å². The van der Waals surface area contributed by atoms with Crippen molar-refractivity contribution < 1.29 is 16.5 Å². The highest BCUT2D eigenvalue weighted by molar-refractivity contribution is 7.00. The Morgan fingerprint density at radius 1 is 0.457 bits per heavy atom. The van der Waals surface area contributed by atoms with E-state index in [0.29, 0.717) is 0 Å². The fraction of sp³-hybridized carbons (Fsp3) is 0.308. The molecule has 0 aliphatic rings. The molecule has 0 bridgehead atoms. The van der Waals surface area contributed by atoms with Gasteiger partial charge < -0.3 is 16.5 Å². The van der Waals surface area contributed by atoms with Gasteiger partial charge in [-0.3, -0.25) is 0 Å². The van der Waals surface area contributed by atoms with Crippen molar-refractivity contribution in [1.82, 2.24) is 0 Å². The second-order valence-electron chi connectivity index (χ2n) is 10.4. The SMILES string of the molecule is C[Si](C)O[Si](C)(O[Si](C)(O[Si](C)(O[Si](C)(C)C)c1ccccc1)c1ccccc1)c1ccccc1. The molecule has 0 amide bonds. The second-order valence-corrected chi connectivity index (χ2v) is 27.1. The summed E-state index contributed by atoms with van der Waals surface area (Å²) < 4.78 is 28.2. The van der Waals surface area contributed by atoms with Crippen molar-refractivity contribution in [3.8, 4) is 0 Å². The van der Waals surface area contributed by atoms with Crippen molar-refractivity contribution >= 4 is 58.6 Å². The van der Waals surface area contributed by atoms with Gasteiger partial charge in [-0.25, -0.2) is 0 Å². The molecule has 0 aliphatic heterocycles. The highest BCUT2D eigenvalue weighted by Crippen LogP contribution is 2.25. The van der Waals surface area contributed by atoms with Gasteiger partial charge in [-0.05, 0) is 67.9 Å². The Balaban J connectivity index is 2.14. The topological polar surface area (TPSA) is 36.9 Å². The highest BCUT2D eigenvalue weighted by Gasteiger charge is 2.52. The number of hydrogen-bond donors (Lipinski definition) is 0. The van der Waals surface area contributed by atoms with Crippen molar-refractivity contribution in [2.45, 2.75) is 52.4 Å². The van der Waals surface area contributed by atoms with Gasteiger partial charge in [0.25, 0.3) is 0 Å². The van der Waals surface area contributed by atoms with E-state index in [0.717, 1.165) is 15.6 Å². The van der Waals surface area contributed by atoms with Gasteiger partial charge >= 0.3 is 25.7 Å². The zero-order valence-corrected chi connectivity index (χ0v) is 27.3. The first kappa shape index (κ1) is 28.2. The van der Waals surface area contributed by atoms with Crippen LogP contribution in [-0.4, -0.2) is 43.0 Å². The molecule has 3 unspecified atom stereocenters. The van der Waals surface area contributed by atoms with Crippen molar-refractivity contribution in [1.29, 1.82) is 0 Å². The summed E-state index contributed by atoms with van der Waals surface area (Å²) in [6.45, 7) is 17.5. The molecule has 3 aromatic carbocycles. The van der Waals surface area contributed by atoms with Crippen LogP contribution < -0.4 is 15.6 Å². The third-order valence-electron chi connectivity index (χ3n) is 5.57. The quantitative estimate of drug-likeness (QED) is 0.309. The monoisotopic (exact) mass is 555 g/mol. The minimum Gasteiger partial charge on any atom is -0.433 e. The summed E-state index contributed by atoms with van der Waals surface area (Å²) in [5.74, 6) is 0. The van der Waals surface area contributed by atoms with Crippen LogP contribution in [0.15, 0.2) is 91.0 Å². The molecular weight excluding hydrogens is 517 g/mol. The molecule has 0 aliphatic carbocycles. The molecule has 0 heterocycles. The van der Waals surface area contributed by atoms with E-state index in [1.165, 1.54) is 0 Å². The maximum Gasteiger partial charge on any atom is 0.352 e. The molecule has 35 heavy (non-hydrogen) atoms. The summed E-state index contributed by atoms with van der Waals surface area (Å²) in [7, 11) is -11.6. The van der Waals surface area contributed by atoms with Crippen molar-refractivity contribution in [2.24, 2.45) is 0 Å². The van der Waals surface area contributed by atoms with Crippen LogP contribution in [0.3, 0.4) is 0 Å². The van der Waals surface area contributed by atoms with Crippen LogP contribution >= 0.6 is 0 Å². The van der Waals surface area contributed by atoms with E-state index in [2.05, 4.69) is 125 Å². The Bertz CT molecular complexity index is 1070. The van der Waals surface area contributed by atoms with Gasteiger partial charge in [-0.15, -0.1) is 0 Å². The third kappa shape index (κ3) is 7.54. The van der Waals surface area contributed by atoms with Crippen molar-refractivity contribution in [2.75, 3.05) is 0 Å². The predicted molar refractivity (Wildman–Crippen MR) is 158 cm³/mol. The molecule has 187 valence electrons. The largest absolute Gasteiger partial charge is 0.433 e. The summed E-state index contributed by atoms with van der Waals surface area (Å²) in [5, 5.41) is 3.34. The van der Waals surface area contributed by atoms with Gasteiger partial charge in [0.15, 0.2) is 17.4 Å². The van der Waals surface area contributed by atoms with E-state index in [4.69, 9.17) is 16.5 Å². The minimum absolute atomic E-state index is 1.02. The molecule has 0 saturated carbocycles. The molecular formula is C26H39O4Si5. The average molecular weight is 556 g/mol. The maximum atomic E-state index is 7.31. The molecule has 0 fully saturated rings. The van der Waals surface area contributed by atoms with Crippen LogP contribution in [0.1, 0.15) is 0 Å². The van der Waals surface area contributed by atoms with E-state index in [9.17, 15) is 0 Å². The second kappa shape index (κ2) is 11.3. The first-order valence-corrected chi connectivity index (χ1v) is 24.9. The summed E-state index contributed by atoms with van der Waals surface area (Å²) >= 11 is 0. The summed E-state index contributed by atoms with van der Waals surface area (Å²) in [4.78, 5) is 0. The zero-order chi connectivity index (χ0) is 25.7. The normalized spacial score (nSPS) is 17.4. The lowest BCUT2D eigenvalue weighted by atomic mass is 10.4. The van der Waals surface area contributed by atoms with Crippen molar-refractivity contribution in [3.63, 3.8) is 0 Å². The summed E-state index contributed by atoms with van der Waals surface area (Å²) in [5.41, 5.74) is 0. The summed E-state index contributed by atoms with van der Waals surface area (Å²) in [6.07, 6.45) is 0. The first-order valence-electron chi connectivity index (χ1n) is 12.1. The maximum absolute atomic E-state index is 7.31. The van der Waals surface area contributed by atoms with Crippen molar-refractivity contribution in [3.05, 3.63) is 91.0 Å². The smallest absolute Gasteiger partial charge is 0.352 e. The number of hydrogen-bond acceptors (Lipinski definition) is 4. The molecule has 3 atom stereocenters. The van der Waals surface area contributed by atoms with Crippen LogP contribution in [0.2, 0.25) is 52.4 Å². The minimum atomic E-state index is -3.02. The highest BCUT2D eigenvalue weighted by atomic mass is 28.5. The van der Waals surface area contributed by atoms with E-state index >= 15 is 0 Å². The van der Waals surface area contributed by atoms with Crippen LogP contribution in [0.4, 0.5) is 0 Å². The van der Waals surface area contributed by atoms with Crippen LogP contribution in [0.25, 0.3) is 0 Å². The van der Waals surface area contributed by atoms with Crippen LogP contribution in [-0.2, 0) is 16.5 Å². The van der Waals surface area contributed by atoms with Gasteiger partial charge in [0.05, 0.1) is 0 Å². The molecule has 0 spiro atoms. The van der Waals surface area contributed by atoms with Crippen LogP contribution in [0.5, 0.6) is 0 Å². The van der Waals surface area contributed by atoms with Gasteiger partial charge in [0.2, 0.25) is 0 Å². The fourth-order valence-electron chi connectivity index (χ4n) is 4.36. The van der Waals surface area contributed by atoms with E-state index in [-0.39, 0.29) is 0 Å². The van der Waals surface area contributed by atoms with Gasteiger partial charge in [0.1, 0.15) is 0 Å². The molecule has 9 heteroatoms. The zero-order valence-electron chi connectivity index (χ0n) is 22.3. The lowest BCUT2D eigenvalue weighted by molar-refractivity contribution is 0.316. The first-order chi connectivity index (χ1) is 16.4. The Morgan fingerprint density at radius 2 is 0.771 bits per heavy atom. The van der Waals surface area contributed by atoms with E-state index in [1.807, 2.05) is 18.2 Å². The lowest BCUT2D eigenvalue weighted by Gasteiger charge is -2.44. The Kier molecular flexibility index (Phi) is 9.11. The molecule has 3 rings (SSSR count). The Morgan fingerprint density at radius 3 is 1.11 bits per heavy atom. The molecule has 0 aromatic heterocycles. The molecule has 1 radical (unpaired) electrons. The van der Waals surface area contributed by atoms with Gasteiger partial charge in [-0.1, -0.05) is 91.0 Å². The molecule has 0 saturated heterocycles. The van der Waals surface area contributed by atoms with Crippen LogP contribution in [0, 0.1) is 0 Å². The average Bonchev–Trinajstić information content (AvgIpc) is 2.79. The summed E-state index contributed by atoms with van der Waals surface area (Å²) in [6, 6.07) is 31.3. The molecule has 0 N–H and O–H groups in total. The van der Waals surface area contributed by atoms with Gasteiger partial charge in [-0.2, -0.15) is 0 Å². The standard InChI is InChI=1S/C26H39O4Si5/c1-31(2)27-33(6,24-18-12-9-13-19-24)29-35(8,26-22-16-11-17-23-26)30-34(7,28-32(3,4)5)25-20-14-10-15-21-25/h9-23H,1-8H3.